The maximum Gasteiger partial charge on any atom is 0.417 e. The second-order valence-corrected chi connectivity index (χ2v) is 11.4. The average Bonchev–Trinajstić information content (AvgIpc) is 2.73. The molecule has 0 spiro atoms. The van der Waals surface area contributed by atoms with E-state index in [9.17, 15) is 61.5 Å². The normalized spacial score (nSPS) is 14.9. The fourth-order valence-corrected chi connectivity index (χ4v) is 5.51. The number of halogens is 11. The third kappa shape index (κ3) is 9.30. The van der Waals surface area contributed by atoms with E-state index in [1.54, 1.807) is 0 Å². The van der Waals surface area contributed by atoms with Crippen molar-refractivity contribution in [2.45, 2.75) is 44.5 Å². The molecule has 2 aromatic carbocycles. The van der Waals surface area contributed by atoms with Crippen molar-refractivity contribution in [1.29, 1.82) is 0 Å². The van der Waals surface area contributed by atoms with Gasteiger partial charge in [0.25, 0.3) is 5.92 Å². The fourth-order valence-electron chi connectivity index (χ4n) is 3.91. The first-order valence-electron chi connectivity index (χ1n) is 11.2. The molecule has 0 aliphatic rings. The zero-order valence-electron chi connectivity index (χ0n) is 20.6. The van der Waals surface area contributed by atoms with Crippen LogP contribution in [0.4, 0.5) is 48.3 Å². The van der Waals surface area contributed by atoms with Crippen LogP contribution >= 0.6 is 0 Å². The summed E-state index contributed by atoms with van der Waals surface area (Å²) in [4.78, 5) is 12.5. The number of hydrogen-bond donors (Lipinski definition) is 0. The number of sulfone groups is 1. The van der Waals surface area contributed by atoms with Crippen LogP contribution in [-0.4, -0.2) is 37.8 Å². The maximum atomic E-state index is 14.2. The molecule has 3 nitrogen and oxygen atoms in total. The Morgan fingerprint density at radius 1 is 0.925 bits per heavy atom. The van der Waals surface area contributed by atoms with E-state index in [2.05, 4.69) is 0 Å². The third-order valence-corrected chi connectivity index (χ3v) is 7.34. The minimum atomic E-state index is -5.17. The Balaban J connectivity index is 2.39. The summed E-state index contributed by atoms with van der Waals surface area (Å²) in [6, 6.07) is 2.62. The van der Waals surface area contributed by atoms with Crippen molar-refractivity contribution in [3.63, 3.8) is 0 Å². The lowest BCUT2D eigenvalue weighted by atomic mass is 9.91. The summed E-state index contributed by atoms with van der Waals surface area (Å²) in [6.07, 6.45) is -9.66. The van der Waals surface area contributed by atoms with E-state index in [-0.39, 0.29) is 5.56 Å². The Labute approximate surface area is 221 Å². The summed E-state index contributed by atoms with van der Waals surface area (Å²) in [7, 11) is -4.71. The zero-order chi connectivity index (χ0) is 30.8. The molecule has 2 atom stereocenters. The Bertz CT molecular complexity index is 1350. The highest BCUT2D eigenvalue weighted by Crippen LogP contribution is 2.37. The molecule has 2 aromatic rings. The first-order valence-corrected chi connectivity index (χ1v) is 13.0. The zero-order valence-corrected chi connectivity index (χ0v) is 21.4. The van der Waals surface area contributed by atoms with E-state index >= 15 is 0 Å². The summed E-state index contributed by atoms with van der Waals surface area (Å²) in [5.74, 6) is -17.0. The molecule has 0 aromatic heterocycles. The molecule has 0 amide bonds. The number of alkyl halides is 8. The van der Waals surface area contributed by atoms with Gasteiger partial charge in [-0.1, -0.05) is 31.2 Å². The van der Waals surface area contributed by atoms with Crippen LogP contribution in [0.3, 0.4) is 0 Å². The highest BCUT2D eigenvalue weighted by molar-refractivity contribution is 7.91. The Kier molecular flexibility index (Phi) is 9.86. The summed E-state index contributed by atoms with van der Waals surface area (Å²) >= 11 is 0. The van der Waals surface area contributed by atoms with Crippen LogP contribution in [0.15, 0.2) is 36.4 Å². The standard InChI is InChI=1S/C25H21F11O3S/c1-13(11-40(38,39)12-24(31,32)33)7-21(37)16-5-3-14(8-18(16)25(34,35)36)4-6-17(23(2,29)30)15-9-19(26)22(28)20(27)10-15/h3-6,8-10,13,17H,7,11-12H2,1-2H3/b6-4+/t13-,17?/m0/s1. The van der Waals surface area contributed by atoms with Crippen LogP contribution < -0.4 is 0 Å². The second-order valence-electron chi connectivity index (χ2n) is 9.30. The van der Waals surface area contributed by atoms with Crippen molar-refractivity contribution in [2.75, 3.05) is 11.5 Å². The molecule has 0 aliphatic heterocycles. The predicted molar refractivity (Wildman–Crippen MR) is 123 cm³/mol. The van der Waals surface area contributed by atoms with Gasteiger partial charge in [0.05, 0.1) is 17.2 Å². The number of carbonyl (C=O) groups is 1. The van der Waals surface area contributed by atoms with Gasteiger partial charge in [-0.3, -0.25) is 4.79 Å². The van der Waals surface area contributed by atoms with Gasteiger partial charge in [-0.05, 0) is 35.2 Å². The van der Waals surface area contributed by atoms with E-state index in [1.165, 1.54) is 0 Å². The largest absolute Gasteiger partial charge is 0.417 e. The molecular formula is C25H21F11O3S. The lowest BCUT2D eigenvalue weighted by Crippen LogP contribution is -2.28. The number of benzene rings is 2. The SMILES string of the molecule is C[C@@H](CC(=O)c1ccc(/C=C/C(c2cc(F)c(F)c(F)c2)C(C)(F)F)cc1C(F)(F)F)CS(=O)(=O)CC(F)(F)F. The molecule has 0 fully saturated rings. The molecule has 0 saturated heterocycles. The Hall–Kier alpha value is -2.97. The van der Waals surface area contributed by atoms with Gasteiger partial charge in [0, 0.05) is 18.9 Å². The second kappa shape index (κ2) is 11.9. The van der Waals surface area contributed by atoms with Gasteiger partial charge in [-0.25, -0.2) is 30.4 Å². The van der Waals surface area contributed by atoms with Crippen LogP contribution in [0.5, 0.6) is 0 Å². The van der Waals surface area contributed by atoms with Crippen LogP contribution in [0.1, 0.15) is 53.2 Å². The molecule has 0 aliphatic carbocycles. The van der Waals surface area contributed by atoms with E-state index in [0.29, 0.717) is 37.3 Å². The highest BCUT2D eigenvalue weighted by atomic mass is 32.2. The first kappa shape index (κ1) is 33.2. The molecule has 40 heavy (non-hydrogen) atoms. The molecule has 15 heteroatoms. The van der Waals surface area contributed by atoms with Crippen molar-refractivity contribution in [3.8, 4) is 0 Å². The van der Waals surface area contributed by atoms with Crippen molar-refractivity contribution in [3.05, 3.63) is 76.1 Å². The first-order chi connectivity index (χ1) is 18.0. The molecule has 0 heterocycles. The van der Waals surface area contributed by atoms with Gasteiger partial charge in [0.15, 0.2) is 33.1 Å². The van der Waals surface area contributed by atoms with Crippen molar-refractivity contribution in [1.82, 2.24) is 0 Å². The highest BCUT2D eigenvalue weighted by Gasteiger charge is 2.38. The van der Waals surface area contributed by atoms with Crippen molar-refractivity contribution in [2.24, 2.45) is 5.92 Å². The number of allylic oxidation sites excluding steroid dienone is 1. The predicted octanol–water partition coefficient (Wildman–Crippen LogP) is 7.76. The summed E-state index contributed by atoms with van der Waals surface area (Å²) < 4.78 is 171. The topological polar surface area (TPSA) is 51.2 Å². The van der Waals surface area contributed by atoms with E-state index in [4.69, 9.17) is 0 Å². The van der Waals surface area contributed by atoms with Gasteiger partial charge in [0.1, 0.15) is 5.75 Å². The molecule has 0 N–H and O–H groups in total. The van der Waals surface area contributed by atoms with Crippen LogP contribution in [0.2, 0.25) is 0 Å². The number of carbonyl (C=O) groups excluding carboxylic acids is 1. The number of Topliss-reactive ketones (excluding diaryl/α,β-unsaturated/α-hetero) is 1. The van der Waals surface area contributed by atoms with E-state index in [0.717, 1.165) is 19.1 Å². The van der Waals surface area contributed by atoms with Gasteiger partial charge in [-0.2, -0.15) is 26.3 Å². The van der Waals surface area contributed by atoms with Crippen LogP contribution in [-0.2, 0) is 16.0 Å². The number of ketones is 1. The van der Waals surface area contributed by atoms with Gasteiger partial charge in [0.2, 0.25) is 0 Å². The minimum absolute atomic E-state index is 0.309. The van der Waals surface area contributed by atoms with Gasteiger partial charge < -0.3 is 0 Å². The van der Waals surface area contributed by atoms with Gasteiger partial charge in [-0.15, -0.1) is 0 Å². The van der Waals surface area contributed by atoms with E-state index < -0.39 is 97.8 Å². The fraction of sp³-hybridized carbons (Fsp3) is 0.400. The lowest BCUT2D eigenvalue weighted by molar-refractivity contribution is -0.138. The molecule has 0 bridgehead atoms. The summed E-state index contributed by atoms with van der Waals surface area (Å²) in [6.45, 7) is 1.43. The Morgan fingerprint density at radius 3 is 1.95 bits per heavy atom. The van der Waals surface area contributed by atoms with Crippen molar-refractivity contribution >= 4 is 21.7 Å². The van der Waals surface area contributed by atoms with Crippen LogP contribution in [0.25, 0.3) is 6.08 Å². The third-order valence-electron chi connectivity index (χ3n) is 5.50. The molecule has 222 valence electrons. The smallest absolute Gasteiger partial charge is 0.294 e. The lowest BCUT2D eigenvalue weighted by Gasteiger charge is -2.21. The minimum Gasteiger partial charge on any atom is -0.294 e. The molecule has 2 rings (SSSR count). The van der Waals surface area contributed by atoms with Crippen LogP contribution in [0, 0.1) is 23.4 Å². The maximum absolute atomic E-state index is 14.2. The van der Waals surface area contributed by atoms with Gasteiger partial charge >= 0.3 is 12.4 Å². The average molecular weight is 610 g/mol. The number of rotatable bonds is 10. The quantitative estimate of drug-likeness (QED) is 0.157. The number of hydrogen-bond acceptors (Lipinski definition) is 3. The molecule has 1 unspecified atom stereocenters. The van der Waals surface area contributed by atoms with Crippen molar-refractivity contribution < 1.29 is 61.5 Å². The van der Waals surface area contributed by atoms with E-state index in [1.807, 2.05) is 0 Å². The monoisotopic (exact) mass is 610 g/mol. The summed E-state index contributed by atoms with van der Waals surface area (Å²) in [5.41, 5.74) is -3.56. The molecular weight excluding hydrogens is 589 g/mol. The summed E-state index contributed by atoms with van der Waals surface area (Å²) in [5, 5.41) is 0. The molecule has 0 saturated carbocycles. The Morgan fingerprint density at radius 2 is 1.48 bits per heavy atom. The molecule has 0 radical (unpaired) electrons.